The zero-order valence-corrected chi connectivity index (χ0v) is 16.1. The third kappa shape index (κ3) is 3.07. The number of benzene rings is 2. The van der Waals surface area contributed by atoms with Crippen molar-refractivity contribution in [3.8, 4) is 22.8 Å². The Kier molecular flexibility index (Phi) is 4.31. The lowest BCUT2D eigenvalue weighted by molar-refractivity contribution is 0.412. The van der Waals surface area contributed by atoms with Crippen LogP contribution in [0.2, 0.25) is 0 Å². The van der Waals surface area contributed by atoms with Crippen molar-refractivity contribution in [1.82, 2.24) is 4.98 Å². The average molecular weight is 415 g/mol. The number of thiazole rings is 1. The first kappa shape index (κ1) is 16.3. The van der Waals surface area contributed by atoms with Crippen LogP contribution in [0.25, 0.3) is 11.3 Å². The van der Waals surface area contributed by atoms with Gasteiger partial charge in [0.2, 0.25) is 5.13 Å². The van der Waals surface area contributed by atoms with Crippen LogP contribution in [0, 0.1) is 0 Å². The Balaban J connectivity index is 1.59. The van der Waals surface area contributed by atoms with Crippen molar-refractivity contribution in [2.75, 3.05) is 14.2 Å². The van der Waals surface area contributed by atoms with E-state index in [0.717, 1.165) is 38.8 Å². The summed E-state index contributed by atoms with van der Waals surface area (Å²) in [5.41, 5.74) is 4.49. The molecule has 25 heavy (non-hydrogen) atoms. The van der Waals surface area contributed by atoms with E-state index in [1.807, 2.05) is 30.5 Å². The molecule has 4 rings (SSSR count). The van der Waals surface area contributed by atoms with Gasteiger partial charge in [-0.2, -0.15) is 0 Å². The highest BCUT2D eigenvalue weighted by Crippen LogP contribution is 2.42. The lowest BCUT2D eigenvalue weighted by Crippen LogP contribution is -1.87. The standard InChI is InChI=1S/C19H15BrN2O2S/c1-23-13-4-5-14-12(8-13)9-17-18(14)22-19(25-17)21-10-11-3-6-16(24-2)15(20)7-11/h3-8,10H,9H2,1-2H3/b21-10+. The lowest BCUT2D eigenvalue weighted by Gasteiger charge is -2.03. The number of hydrogen-bond acceptors (Lipinski definition) is 5. The Morgan fingerprint density at radius 1 is 1.16 bits per heavy atom. The van der Waals surface area contributed by atoms with Gasteiger partial charge in [0.25, 0.3) is 0 Å². The topological polar surface area (TPSA) is 43.7 Å². The van der Waals surface area contributed by atoms with Crippen molar-refractivity contribution < 1.29 is 9.47 Å². The molecule has 0 unspecified atom stereocenters. The molecule has 0 atom stereocenters. The minimum Gasteiger partial charge on any atom is -0.497 e. The molecule has 0 aliphatic heterocycles. The molecule has 0 saturated heterocycles. The van der Waals surface area contributed by atoms with Crippen molar-refractivity contribution in [1.29, 1.82) is 0 Å². The molecule has 3 aromatic rings. The normalized spacial score (nSPS) is 12.3. The number of fused-ring (bicyclic) bond motifs is 3. The molecule has 0 saturated carbocycles. The number of nitrogens with zero attached hydrogens (tertiary/aromatic N) is 2. The van der Waals surface area contributed by atoms with Gasteiger partial charge in [0.1, 0.15) is 11.5 Å². The quantitative estimate of drug-likeness (QED) is 0.428. The van der Waals surface area contributed by atoms with Gasteiger partial charge in [0.05, 0.1) is 24.4 Å². The van der Waals surface area contributed by atoms with E-state index in [2.05, 4.69) is 33.1 Å². The Labute approximate surface area is 158 Å². The monoisotopic (exact) mass is 414 g/mol. The number of hydrogen-bond donors (Lipinski definition) is 0. The van der Waals surface area contributed by atoms with Crippen LogP contribution in [0.4, 0.5) is 5.13 Å². The molecule has 0 bridgehead atoms. The largest absolute Gasteiger partial charge is 0.497 e. The van der Waals surface area contributed by atoms with Crippen LogP contribution in [-0.4, -0.2) is 25.4 Å². The SMILES string of the molecule is COc1ccc2c(c1)Cc1sc(/N=C/c3ccc(OC)c(Br)c3)nc1-2. The Morgan fingerprint density at radius 2 is 2.04 bits per heavy atom. The minimum absolute atomic E-state index is 0.776. The number of aromatic nitrogens is 1. The number of methoxy groups -OCH3 is 2. The van der Waals surface area contributed by atoms with Crippen LogP contribution < -0.4 is 9.47 Å². The maximum Gasteiger partial charge on any atom is 0.209 e. The van der Waals surface area contributed by atoms with Crippen molar-refractivity contribution in [3.63, 3.8) is 0 Å². The summed E-state index contributed by atoms with van der Waals surface area (Å²) in [4.78, 5) is 10.5. The summed E-state index contributed by atoms with van der Waals surface area (Å²) < 4.78 is 11.4. The highest BCUT2D eigenvalue weighted by Gasteiger charge is 2.23. The summed E-state index contributed by atoms with van der Waals surface area (Å²) in [6.45, 7) is 0. The number of halogens is 1. The lowest BCUT2D eigenvalue weighted by atomic mass is 10.1. The molecule has 1 aliphatic carbocycles. The van der Waals surface area contributed by atoms with E-state index in [-0.39, 0.29) is 0 Å². The van der Waals surface area contributed by atoms with Crippen LogP contribution in [0.1, 0.15) is 16.0 Å². The first-order valence-corrected chi connectivity index (χ1v) is 9.33. The fourth-order valence-electron chi connectivity index (χ4n) is 2.86. The zero-order chi connectivity index (χ0) is 17.4. The van der Waals surface area contributed by atoms with Crippen molar-refractivity contribution in [2.24, 2.45) is 4.99 Å². The van der Waals surface area contributed by atoms with Gasteiger partial charge >= 0.3 is 0 Å². The van der Waals surface area contributed by atoms with Crippen molar-refractivity contribution in [3.05, 3.63) is 56.9 Å². The van der Waals surface area contributed by atoms with Crippen LogP contribution in [0.5, 0.6) is 11.5 Å². The first-order chi connectivity index (χ1) is 12.2. The van der Waals surface area contributed by atoms with Gasteiger partial charge in [-0.25, -0.2) is 9.98 Å². The summed E-state index contributed by atoms with van der Waals surface area (Å²) in [7, 11) is 3.34. The Morgan fingerprint density at radius 3 is 2.80 bits per heavy atom. The van der Waals surface area contributed by atoms with Gasteiger partial charge in [-0.05, 0) is 63.5 Å². The van der Waals surface area contributed by atoms with E-state index in [4.69, 9.17) is 14.5 Å². The van der Waals surface area contributed by atoms with Gasteiger partial charge in [-0.1, -0.05) is 11.3 Å². The van der Waals surface area contributed by atoms with E-state index in [1.54, 1.807) is 25.6 Å². The van der Waals surface area contributed by atoms with Gasteiger partial charge in [-0.15, -0.1) is 0 Å². The number of aliphatic imine (C=N–C) groups is 1. The molecule has 0 N–H and O–H groups in total. The van der Waals surface area contributed by atoms with Gasteiger partial charge < -0.3 is 9.47 Å². The van der Waals surface area contributed by atoms with Gasteiger partial charge in [0.15, 0.2) is 0 Å². The predicted molar refractivity (Wildman–Crippen MR) is 105 cm³/mol. The van der Waals surface area contributed by atoms with Gasteiger partial charge in [0, 0.05) is 23.1 Å². The summed E-state index contributed by atoms with van der Waals surface area (Å²) in [5, 5.41) is 0.776. The number of rotatable bonds is 4. The van der Waals surface area contributed by atoms with Crippen LogP contribution >= 0.6 is 27.3 Å². The second kappa shape index (κ2) is 6.61. The first-order valence-electron chi connectivity index (χ1n) is 7.72. The highest BCUT2D eigenvalue weighted by molar-refractivity contribution is 9.10. The summed E-state index contributed by atoms with van der Waals surface area (Å²) >= 11 is 5.13. The molecular formula is C19H15BrN2O2S. The maximum absolute atomic E-state index is 5.30. The highest BCUT2D eigenvalue weighted by atomic mass is 79.9. The third-order valence-electron chi connectivity index (χ3n) is 4.10. The summed E-state index contributed by atoms with van der Waals surface area (Å²) in [5.74, 6) is 1.69. The van der Waals surface area contributed by atoms with E-state index in [9.17, 15) is 0 Å². The maximum atomic E-state index is 5.30. The Bertz CT molecular complexity index is 982. The smallest absolute Gasteiger partial charge is 0.209 e. The fraction of sp³-hybridized carbons (Fsp3) is 0.158. The third-order valence-corrected chi connectivity index (χ3v) is 5.69. The molecule has 0 amide bonds. The second-order valence-electron chi connectivity index (χ2n) is 5.62. The van der Waals surface area contributed by atoms with Crippen molar-refractivity contribution >= 4 is 38.6 Å². The summed E-state index contributed by atoms with van der Waals surface area (Å²) in [6, 6.07) is 12.0. The zero-order valence-electron chi connectivity index (χ0n) is 13.7. The molecule has 6 heteroatoms. The molecule has 0 fully saturated rings. The average Bonchev–Trinajstić information content (AvgIpc) is 3.16. The molecule has 1 aliphatic rings. The second-order valence-corrected chi connectivity index (χ2v) is 7.54. The van der Waals surface area contributed by atoms with E-state index < -0.39 is 0 Å². The van der Waals surface area contributed by atoms with E-state index >= 15 is 0 Å². The molecule has 1 heterocycles. The van der Waals surface area contributed by atoms with Gasteiger partial charge in [-0.3, -0.25) is 0 Å². The molecule has 1 aromatic heterocycles. The van der Waals surface area contributed by atoms with Crippen molar-refractivity contribution in [2.45, 2.75) is 6.42 Å². The number of ether oxygens (including phenoxy) is 2. The Hall–Kier alpha value is -2.18. The summed E-state index contributed by atoms with van der Waals surface area (Å²) in [6.07, 6.45) is 2.72. The van der Waals surface area contributed by atoms with Crippen LogP contribution in [0.3, 0.4) is 0 Å². The molecular weight excluding hydrogens is 400 g/mol. The van der Waals surface area contributed by atoms with Crippen LogP contribution in [-0.2, 0) is 6.42 Å². The minimum atomic E-state index is 0.776. The molecule has 4 nitrogen and oxygen atoms in total. The van der Waals surface area contributed by atoms with Crippen LogP contribution in [0.15, 0.2) is 45.9 Å². The molecule has 0 radical (unpaired) electrons. The molecule has 126 valence electrons. The molecule has 0 spiro atoms. The van der Waals surface area contributed by atoms with E-state index in [1.165, 1.54) is 16.0 Å². The predicted octanol–water partition coefficient (Wildman–Crippen LogP) is 5.24. The fourth-order valence-corrected chi connectivity index (χ4v) is 4.37. The van der Waals surface area contributed by atoms with E-state index in [0.29, 0.717) is 0 Å². The molecule has 2 aromatic carbocycles.